The minimum atomic E-state index is 0.294. The van der Waals surface area contributed by atoms with E-state index in [-0.39, 0.29) is 0 Å². The van der Waals surface area contributed by atoms with Crippen LogP contribution >= 0.6 is 0 Å². The van der Waals surface area contributed by atoms with E-state index in [1.807, 2.05) is 4.90 Å². The molecule has 0 spiro atoms. The van der Waals surface area contributed by atoms with E-state index in [2.05, 4.69) is 9.97 Å². The van der Waals surface area contributed by atoms with Gasteiger partial charge in [0, 0.05) is 32.6 Å². The summed E-state index contributed by atoms with van der Waals surface area (Å²) in [5.74, 6) is 0.684. The first-order valence-corrected chi connectivity index (χ1v) is 4.40. The molecule has 1 N–H and O–H groups in total. The molecule has 6 heteroatoms. The van der Waals surface area contributed by atoms with Gasteiger partial charge >= 0.3 is 7.48 Å². The second-order valence-corrected chi connectivity index (χ2v) is 3.21. The van der Waals surface area contributed by atoms with Crippen LogP contribution in [-0.2, 0) is 4.74 Å². The lowest BCUT2D eigenvalue weighted by Crippen LogP contribution is -2.52. The van der Waals surface area contributed by atoms with Gasteiger partial charge < -0.3 is 14.7 Å². The monoisotopic (exact) mass is 192 g/mol. The van der Waals surface area contributed by atoms with Crippen LogP contribution in [0.25, 0.3) is 0 Å². The molecule has 1 aromatic heterocycles. The summed E-state index contributed by atoms with van der Waals surface area (Å²) in [5.41, 5.74) is 0.609. The van der Waals surface area contributed by atoms with Crippen LogP contribution < -0.4 is 10.4 Å². The Balaban J connectivity index is 1.98. The summed E-state index contributed by atoms with van der Waals surface area (Å²) in [6.45, 7) is 1.66. The summed E-state index contributed by atoms with van der Waals surface area (Å²) >= 11 is 0. The van der Waals surface area contributed by atoms with Gasteiger partial charge in [0.1, 0.15) is 0 Å². The molecule has 1 aliphatic rings. The predicted molar refractivity (Wildman–Crippen MR) is 52.6 cm³/mol. The average Bonchev–Trinajstić information content (AvgIpc) is 2.17. The third-order valence-corrected chi connectivity index (χ3v) is 2.27. The fraction of sp³-hybridized carbons (Fsp3) is 0.500. The SMILES string of the molecule is COC1CN(c2ncc([B]O)cn2)C1. The summed E-state index contributed by atoms with van der Waals surface area (Å²) in [6, 6.07) is 0. The lowest BCUT2D eigenvalue weighted by atomic mass is 9.92. The quantitative estimate of drug-likeness (QED) is 0.593. The van der Waals surface area contributed by atoms with Crippen molar-refractivity contribution in [3.8, 4) is 0 Å². The second-order valence-electron chi connectivity index (χ2n) is 3.21. The van der Waals surface area contributed by atoms with Crippen LogP contribution in [0, 0.1) is 0 Å². The Hall–Kier alpha value is -1.14. The molecule has 1 radical (unpaired) electrons. The Morgan fingerprint density at radius 2 is 2.14 bits per heavy atom. The maximum atomic E-state index is 8.68. The highest BCUT2D eigenvalue weighted by molar-refractivity contribution is 6.45. The van der Waals surface area contributed by atoms with Crippen LogP contribution in [0.3, 0.4) is 0 Å². The fourth-order valence-electron chi connectivity index (χ4n) is 1.31. The van der Waals surface area contributed by atoms with E-state index in [9.17, 15) is 0 Å². The van der Waals surface area contributed by atoms with Gasteiger partial charge in [-0.15, -0.1) is 0 Å². The second kappa shape index (κ2) is 3.94. The first-order valence-electron chi connectivity index (χ1n) is 4.40. The van der Waals surface area contributed by atoms with Gasteiger partial charge in [0.25, 0.3) is 0 Å². The summed E-state index contributed by atoms with van der Waals surface area (Å²) < 4.78 is 5.14. The van der Waals surface area contributed by atoms with Crippen molar-refractivity contribution in [1.82, 2.24) is 9.97 Å². The van der Waals surface area contributed by atoms with Gasteiger partial charge in [0.05, 0.1) is 6.10 Å². The molecule has 5 nitrogen and oxygen atoms in total. The predicted octanol–water partition coefficient (Wildman–Crippen LogP) is -1.45. The molecule has 2 rings (SSSR count). The van der Waals surface area contributed by atoms with E-state index in [1.165, 1.54) is 0 Å². The average molecular weight is 192 g/mol. The Labute approximate surface area is 83.0 Å². The van der Waals surface area contributed by atoms with E-state index in [0.717, 1.165) is 20.6 Å². The van der Waals surface area contributed by atoms with Crippen LogP contribution in [0.1, 0.15) is 0 Å². The fourth-order valence-corrected chi connectivity index (χ4v) is 1.31. The lowest BCUT2D eigenvalue weighted by molar-refractivity contribution is 0.0778. The summed E-state index contributed by atoms with van der Waals surface area (Å²) in [7, 11) is 2.69. The first-order chi connectivity index (χ1) is 6.83. The maximum Gasteiger partial charge on any atom is 0.329 e. The molecule has 1 fully saturated rings. The van der Waals surface area contributed by atoms with Crippen molar-refractivity contribution in [3.63, 3.8) is 0 Å². The molecule has 2 heterocycles. The number of hydrogen-bond acceptors (Lipinski definition) is 5. The molecule has 0 saturated carbocycles. The zero-order chi connectivity index (χ0) is 9.97. The minimum Gasteiger partial charge on any atom is -0.450 e. The van der Waals surface area contributed by atoms with Gasteiger partial charge in [-0.1, -0.05) is 0 Å². The molecule has 0 atom stereocenters. The maximum absolute atomic E-state index is 8.68. The molecule has 14 heavy (non-hydrogen) atoms. The van der Waals surface area contributed by atoms with Gasteiger partial charge in [-0.2, -0.15) is 0 Å². The molecule has 0 aliphatic carbocycles. The molecule has 1 saturated heterocycles. The Bertz CT molecular complexity index is 300. The van der Waals surface area contributed by atoms with Crippen LogP contribution in [0.2, 0.25) is 0 Å². The van der Waals surface area contributed by atoms with Crippen molar-refractivity contribution in [2.45, 2.75) is 6.10 Å². The first kappa shape index (κ1) is 9.42. The molecule has 1 aromatic rings. The van der Waals surface area contributed by atoms with Crippen LogP contribution in [0.15, 0.2) is 12.4 Å². The third kappa shape index (κ3) is 1.71. The molecule has 73 valence electrons. The zero-order valence-electron chi connectivity index (χ0n) is 7.92. The lowest BCUT2D eigenvalue weighted by Gasteiger charge is -2.37. The van der Waals surface area contributed by atoms with E-state index in [0.29, 0.717) is 17.5 Å². The van der Waals surface area contributed by atoms with Gasteiger partial charge in [-0.05, 0) is 5.46 Å². The number of ether oxygens (including phenoxy) is 1. The highest BCUT2D eigenvalue weighted by Gasteiger charge is 2.28. The summed E-state index contributed by atoms with van der Waals surface area (Å²) in [4.78, 5) is 10.2. The number of anilines is 1. The van der Waals surface area contributed by atoms with E-state index in [4.69, 9.17) is 9.76 Å². The molecule has 0 unspecified atom stereocenters. The summed E-state index contributed by atoms with van der Waals surface area (Å²) in [6.07, 6.45) is 3.47. The van der Waals surface area contributed by atoms with Crippen LogP contribution in [0.5, 0.6) is 0 Å². The molecule has 0 bridgehead atoms. The molecule has 0 aromatic carbocycles. The number of aromatic nitrogens is 2. The topological polar surface area (TPSA) is 58.5 Å². The number of hydrogen-bond donors (Lipinski definition) is 1. The Morgan fingerprint density at radius 3 is 2.64 bits per heavy atom. The van der Waals surface area contributed by atoms with Crippen molar-refractivity contribution in [2.75, 3.05) is 25.1 Å². The zero-order valence-corrected chi connectivity index (χ0v) is 7.92. The van der Waals surface area contributed by atoms with Crippen molar-refractivity contribution in [1.29, 1.82) is 0 Å². The van der Waals surface area contributed by atoms with E-state index >= 15 is 0 Å². The van der Waals surface area contributed by atoms with E-state index in [1.54, 1.807) is 19.5 Å². The molecular formula is C8H11BN3O2. The van der Waals surface area contributed by atoms with Crippen molar-refractivity contribution in [3.05, 3.63) is 12.4 Å². The van der Waals surface area contributed by atoms with Gasteiger partial charge in [0.2, 0.25) is 5.95 Å². The van der Waals surface area contributed by atoms with Crippen molar-refractivity contribution >= 4 is 18.9 Å². The normalized spacial score (nSPS) is 16.6. The number of nitrogens with zero attached hydrogens (tertiary/aromatic N) is 3. The minimum absolute atomic E-state index is 0.294. The smallest absolute Gasteiger partial charge is 0.329 e. The number of rotatable bonds is 3. The van der Waals surface area contributed by atoms with Gasteiger partial charge in [-0.3, -0.25) is 0 Å². The molecular weight excluding hydrogens is 181 g/mol. The van der Waals surface area contributed by atoms with Gasteiger partial charge in [0.15, 0.2) is 0 Å². The van der Waals surface area contributed by atoms with Crippen LogP contribution in [-0.4, -0.2) is 48.8 Å². The van der Waals surface area contributed by atoms with Crippen molar-refractivity contribution < 1.29 is 9.76 Å². The summed E-state index contributed by atoms with van der Waals surface area (Å²) in [5, 5.41) is 8.68. The van der Waals surface area contributed by atoms with E-state index < -0.39 is 0 Å². The van der Waals surface area contributed by atoms with Crippen LogP contribution in [0.4, 0.5) is 5.95 Å². The Morgan fingerprint density at radius 1 is 1.50 bits per heavy atom. The molecule has 1 aliphatic heterocycles. The molecule has 0 amide bonds. The number of methoxy groups -OCH3 is 1. The van der Waals surface area contributed by atoms with Crippen molar-refractivity contribution in [2.24, 2.45) is 0 Å². The highest BCUT2D eigenvalue weighted by Crippen LogP contribution is 2.16. The van der Waals surface area contributed by atoms with Gasteiger partial charge in [-0.25, -0.2) is 9.97 Å². The highest BCUT2D eigenvalue weighted by atomic mass is 16.5. The third-order valence-electron chi connectivity index (χ3n) is 2.27. The Kier molecular flexibility index (Phi) is 2.65. The largest absolute Gasteiger partial charge is 0.450 e. The standard InChI is InChI=1S/C8H11BN3O2/c1-14-7-4-12(5-7)8-10-2-6(9-13)3-11-8/h2-3,7,13H,4-5H2,1H3.